The molecule has 2 aliphatic rings. The fraction of sp³-hybridized carbons (Fsp3) is 0.545. The summed E-state index contributed by atoms with van der Waals surface area (Å²) in [6, 6.07) is 8.51. The summed E-state index contributed by atoms with van der Waals surface area (Å²) in [6.07, 6.45) is 4.16. The maximum Gasteiger partial charge on any atom is 0.140 e. The minimum Gasteiger partial charge on any atom is -0.492 e. The number of nitrogens with zero attached hydrogens (tertiary/aromatic N) is 2. The van der Waals surface area contributed by atoms with Gasteiger partial charge in [0.1, 0.15) is 5.75 Å². The molecule has 138 valence electrons. The Morgan fingerprint density at radius 1 is 1.04 bits per heavy atom. The fourth-order valence-corrected chi connectivity index (χ4v) is 3.84. The highest BCUT2D eigenvalue weighted by Gasteiger charge is 2.24. The van der Waals surface area contributed by atoms with Crippen molar-refractivity contribution in [2.75, 3.05) is 6.61 Å². The summed E-state index contributed by atoms with van der Waals surface area (Å²) >= 11 is 0. The van der Waals surface area contributed by atoms with Crippen molar-refractivity contribution >= 4 is 0 Å². The van der Waals surface area contributed by atoms with E-state index in [1.807, 2.05) is 0 Å². The molecule has 2 aromatic rings. The molecule has 0 saturated heterocycles. The first-order valence-electron chi connectivity index (χ1n) is 9.83. The standard InChI is InChI=1S/C22H28N2O2/c1-14(2)18-7-6-16-13-26-17(12-21(16)23-18)11-15(3)19-8-9-22-20(24-19)5-4-10-25-22/h6-9,14-15,17H,4-5,10-13H2,1-3H3. The van der Waals surface area contributed by atoms with E-state index in [2.05, 4.69) is 45.0 Å². The lowest BCUT2D eigenvalue weighted by molar-refractivity contribution is 0.0181. The lowest BCUT2D eigenvalue weighted by Crippen LogP contribution is -2.25. The minimum absolute atomic E-state index is 0.210. The average Bonchev–Trinajstić information content (AvgIpc) is 2.67. The Balaban J connectivity index is 1.45. The number of ether oxygens (including phenoxy) is 2. The molecule has 4 heteroatoms. The van der Waals surface area contributed by atoms with Gasteiger partial charge >= 0.3 is 0 Å². The number of hydrogen-bond donors (Lipinski definition) is 0. The first-order chi connectivity index (χ1) is 12.6. The second kappa shape index (κ2) is 7.36. The van der Waals surface area contributed by atoms with E-state index in [-0.39, 0.29) is 6.10 Å². The molecule has 26 heavy (non-hydrogen) atoms. The van der Waals surface area contributed by atoms with Crippen molar-refractivity contribution in [3.63, 3.8) is 0 Å². The highest BCUT2D eigenvalue weighted by Crippen LogP contribution is 2.30. The summed E-state index contributed by atoms with van der Waals surface area (Å²) in [5, 5.41) is 0. The van der Waals surface area contributed by atoms with Gasteiger partial charge in [-0.15, -0.1) is 0 Å². The molecule has 0 saturated carbocycles. The molecule has 2 unspecified atom stereocenters. The first kappa shape index (κ1) is 17.5. The van der Waals surface area contributed by atoms with Gasteiger partial charge in [0.25, 0.3) is 0 Å². The molecule has 4 heterocycles. The van der Waals surface area contributed by atoms with E-state index in [4.69, 9.17) is 19.4 Å². The van der Waals surface area contributed by atoms with Gasteiger partial charge in [-0.2, -0.15) is 0 Å². The predicted molar refractivity (Wildman–Crippen MR) is 102 cm³/mol. The van der Waals surface area contributed by atoms with Crippen molar-refractivity contribution < 1.29 is 9.47 Å². The maximum absolute atomic E-state index is 6.12. The smallest absolute Gasteiger partial charge is 0.140 e. The number of fused-ring (bicyclic) bond motifs is 2. The third kappa shape index (κ3) is 3.61. The number of pyridine rings is 2. The summed E-state index contributed by atoms with van der Waals surface area (Å²) in [5.74, 6) is 1.78. The SMILES string of the molecule is CC(C)c1ccc2c(n1)CC(CC(C)c1ccc3c(n1)CCCO3)OC2. The van der Waals surface area contributed by atoms with Crippen molar-refractivity contribution in [3.05, 3.63) is 52.6 Å². The summed E-state index contributed by atoms with van der Waals surface area (Å²) in [4.78, 5) is 9.75. The Morgan fingerprint density at radius 3 is 2.69 bits per heavy atom. The molecule has 0 aromatic carbocycles. The van der Waals surface area contributed by atoms with Gasteiger partial charge in [-0.1, -0.05) is 26.8 Å². The Morgan fingerprint density at radius 2 is 1.85 bits per heavy atom. The van der Waals surface area contributed by atoms with E-state index in [0.717, 1.165) is 49.4 Å². The molecule has 0 spiro atoms. The number of hydrogen-bond acceptors (Lipinski definition) is 4. The zero-order chi connectivity index (χ0) is 18.1. The Labute approximate surface area is 156 Å². The molecule has 4 nitrogen and oxygen atoms in total. The van der Waals surface area contributed by atoms with Crippen LogP contribution in [0.2, 0.25) is 0 Å². The first-order valence-corrected chi connectivity index (χ1v) is 9.83. The van der Waals surface area contributed by atoms with Crippen LogP contribution in [-0.4, -0.2) is 22.7 Å². The highest BCUT2D eigenvalue weighted by molar-refractivity contribution is 5.32. The fourth-order valence-electron chi connectivity index (χ4n) is 3.84. The van der Waals surface area contributed by atoms with Gasteiger partial charge in [0.05, 0.1) is 25.0 Å². The van der Waals surface area contributed by atoms with Crippen LogP contribution in [0, 0.1) is 0 Å². The number of rotatable bonds is 4. The van der Waals surface area contributed by atoms with E-state index in [1.165, 1.54) is 17.0 Å². The van der Waals surface area contributed by atoms with Crippen LogP contribution in [0.1, 0.15) is 73.8 Å². The molecule has 0 radical (unpaired) electrons. The van der Waals surface area contributed by atoms with Crippen LogP contribution in [0.15, 0.2) is 24.3 Å². The van der Waals surface area contributed by atoms with Gasteiger partial charge in [-0.25, -0.2) is 0 Å². The molecular weight excluding hydrogens is 324 g/mol. The van der Waals surface area contributed by atoms with Gasteiger partial charge in [0.15, 0.2) is 0 Å². The van der Waals surface area contributed by atoms with Crippen LogP contribution >= 0.6 is 0 Å². The van der Waals surface area contributed by atoms with Crippen LogP contribution in [0.5, 0.6) is 5.75 Å². The topological polar surface area (TPSA) is 44.2 Å². The summed E-state index contributed by atoms with van der Waals surface area (Å²) in [6.45, 7) is 8.11. The van der Waals surface area contributed by atoms with Gasteiger partial charge in [0.2, 0.25) is 0 Å². The van der Waals surface area contributed by atoms with Crippen molar-refractivity contribution in [2.24, 2.45) is 0 Å². The van der Waals surface area contributed by atoms with E-state index < -0.39 is 0 Å². The van der Waals surface area contributed by atoms with E-state index >= 15 is 0 Å². The summed E-state index contributed by atoms with van der Waals surface area (Å²) in [7, 11) is 0. The van der Waals surface area contributed by atoms with Gasteiger partial charge in [0, 0.05) is 29.4 Å². The van der Waals surface area contributed by atoms with Crippen LogP contribution in [0.25, 0.3) is 0 Å². The van der Waals surface area contributed by atoms with Crippen molar-refractivity contribution in [2.45, 2.75) is 71.0 Å². The Bertz CT molecular complexity index is 788. The summed E-state index contributed by atoms with van der Waals surface area (Å²) < 4.78 is 11.8. The van der Waals surface area contributed by atoms with Gasteiger partial charge in [-0.3, -0.25) is 9.97 Å². The Hall–Kier alpha value is -1.94. The lowest BCUT2D eigenvalue weighted by Gasteiger charge is -2.27. The molecule has 2 aliphatic heterocycles. The maximum atomic E-state index is 6.12. The molecule has 4 rings (SSSR count). The molecule has 0 amide bonds. The van der Waals surface area contributed by atoms with Crippen molar-refractivity contribution in [1.82, 2.24) is 9.97 Å². The second-order valence-corrected chi connectivity index (χ2v) is 7.90. The number of aryl methyl sites for hydroxylation is 1. The third-order valence-electron chi connectivity index (χ3n) is 5.47. The Kier molecular flexibility index (Phi) is 4.94. The molecular formula is C22H28N2O2. The van der Waals surface area contributed by atoms with Crippen LogP contribution in [-0.2, 0) is 24.2 Å². The second-order valence-electron chi connectivity index (χ2n) is 7.90. The molecule has 0 aliphatic carbocycles. The molecule has 0 N–H and O–H groups in total. The van der Waals surface area contributed by atoms with E-state index in [1.54, 1.807) is 0 Å². The molecule has 2 atom stereocenters. The van der Waals surface area contributed by atoms with Crippen LogP contribution in [0.3, 0.4) is 0 Å². The zero-order valence-corrected chi connectivity index (χ0v) is 16.0. The molecule has 2 aromatic heterocycles. The van der Waals surface area contributed by atoms with Crippen molar-refractivity contribution in [3.8, 4) is 5.75 Å². The largest absolute Gasteiger partial charge is 0.492 e. The van der Waals surface area contributed by atoms with Crippen molar-refractivity contribution in [1.29, 1.82) is 0 Å². The third-order valence-corrected chi connectivity index (χ3v) is 5.47. The normalized spacial score (nSPS) is 20.2. The molecule has 0 bridgehead atoms. The monoisotopic (exact) mass is 352 g/mol. The van der Waals surface area contributed by atoms with E-state index in [9.17, 15) is 0 Å². The zero-order valence-electron chi connectivity index (χ0n) is 16.0. The van der Waals surface area contributed by atoms with Crippen LogP contribution in [0.4, 0.5) is 0 Å². The van der Waals surface area contributed by atoms with E-state index in [0.29, 0.717) is 18.4 Å². The predicted octanol–water partition coefficient (Wildman–Crippen LogP) is 4.56. The molecule has 0 fully saturated rings. The quantitative estimate of drug-likeness (QED) is 0.809. The lowest BCUT2D eigenvalue weighted by atomic mass is 9.93. The van der Waals surface area contributed by atoms with Gasteiger partial charge < -0.3 is 9.47 Å². The number of aromatic nitrogens is 2. The minimum atomic E-state index is 0.210. The van der Waals surface area contributed by atoms with Crippen LogP contribution < -0.4 is 4.74 Å². The summed E-state index contributed by atoms with van der Waals surface area (Å²) in [5.41, 5.74) is 5.88. The van der Waals surface area contributed by atoms with Gasteiger partial charge in [-0.05, 0) is 48.9 Å². The highest BCUT2D eigenvalue weighted by atomic mass is 16.5. The average molecular weight is 352 g/mol.